The molecule has 0 amide bonds. The Kier molecular flexibility index (Phi) is 4.17. The van der Waals surface area contributed by atoms with Gasteiger partial charge < -0.3 is 0 Å². The van der Waals surface area contributed by atoms with E-state index in [0.717, 1.165) is 9.46 Å². The van der Waals surface area contributed by atoms with E-state index in [-0.39, 0.29) is 10.7 Å². The van der Waals surface area contributed by atoms with E-state index in [0.29, 0.717) is 17.7 Å². The van der Waals surface area contributed by atoms with Gasteiger partial charge in [0.1, 0.15) is 5.15 Å². The zero-order valence-electron chi connectivity index (χ0n) is 10.6. The maximum absolute atomic E-state index is 12.2. The molecule has 0 aliphatic heterocycles. The average Bonchev–Trinajstić information content (AvgIpc) is 2.39. The largest absolute Gasteiger partial charge is 0.334 e. The molecule has 1 N–H and O–H groups in total. The zero-order valence-corrected chi connectivity index (χ0v) is 12.1. The molecule has 0 saturated carbocycles. The maximum atomic E-state index is 12.2. The van der Waals surface area contributed by atoms with E-state index < -0.39 is 5.69 Å². The second-order valence-electron chi connectivity index (χ2n) is 3.91. The first-order chi connectivity index (χ1) is 9.08. The fraction of sp³-hybridized carbons (Fsp3) is 0.231. The van der Waals surface area contributed by atoms with Crippen LogP contribution in [0.1, 0.15) is 12.5 Å². The highest BCUT2D eigenvalue weighted by molar-refractivity contribution is 7.98. The van der Waals surface area contributed by atoms with Gasteiger partial charge in [0.25, 0.3) is 5.56 Å². The van der Waals surface area contributed by atoms with Gasteiger partial charge in [0.2, 0.25) is 0 Å². The van der Waals surface area contributed by atoms with Crippen molar-refractivity contribution >= 4 is 23.4 Å². The summed E-state index contributed by atoms with van der Waals surface area (Å²) in [6.07, 6.45) is 2.43. The Morgan fingerprint density at radius 3 is 2.42 bits per heavy atom. The monoisotopic (exact) mass is 296 g/mol. The summed E-state index contributed by atoms with van der Waals surface area (Å²) in [5.41, 5.74) is 0.0582. The molecule has 0 saturated heterocycles. The van der Waals surface area contributed by atoms with Gasteiger partial charge in [0, 0.05) is 4.90 Å². The van der Waals surface area contributed by atoms with Crippen molar-refractivity contribution < 1.29 is 0 Å². The highest BCUT2D eigenvalue weighted by Gasteiger charge is 2.12. The van der Waals surface area contributed by atoms with Gasteiger partial charge in [-0.1, -0.05) is 18.5 Å². The van der Waals surface area contributed by atoms with E-state index in [9.17, 15) is 9.59 Å². The van der Waals surface area contributed by atoms with Crippen molar-refractivity contribution in [2.75, 3.05) is 6.26 Å². The quantitative estimate of drug-likeness (QED) is 0.699. The Morgan fingerprint density at radius 2 is 1.89 bits per heavy atom. The smallest absolute Gasteiger partial charge is 0.297 e. The van der Waals surface area contributed by atoms with E-state index in [1.54, 1.807) is 23.9 Å². The average molecular weight is 297 g/mol. The van der Waals surface area contributed by atoms with Gasteiger partial charge in [-0.05, 0) is 36.9 Å². The molecule has 2 rings (SSSR count). The maximum Gasteiger partial charge on any atom is 0.334 e. The lowest BCUT2D eigenvalue weighted by Gasteiger charge is -2.08. The number of thioether (sulfide) groups is 1. The number of halogens is 1. The summed E-state index contributed by atoms with van der Waals surface area (Å²) in [5, 5.41) is 0.120. The van der Waals surface area contributed by atoms with Gasteiger partial charge in [0.15, 0.2) is 0 Å². The summed E-state index contributed by atoms with van der Waals surface area (Å²) in [5.74, 6) is 0. The fourth-order valence-electron chi connectivity index (χ4n) is 1.82. The molecule has 0 aliphatic rings. The van der Waals surface area contributed by atoms with Crippen LogP contribution < -0.4 is 11.2 Å². The number of nitrogens with one attached hydrogen (secondary N) is 1. The van der Waals surface area contributed by atoms with Crippen molar-refractivity contribution in [2.24, 2.45) is 0 Å². The first-order valence-electron chi connectivity index (χ1n) is 5.76. The SMILES string of the molecule is CCc1c(Cl)[nH]c(=O)n(-c2ccc(SC)cc2)c1=O. The minimum atomic E-state index is -0.524. The predicted octanol–water partition coefficient (Wildman–Crippen LogP) is 2.46. The number of H-pyrrole nitrogens is 1. The third-order valence-corrected chi connectivity index (χ3v) is 3.90. The lowest BCUT2D eigenvalue weighted by Crippen LogP contribution is -2.35. The van der Waals surface area contributed by atoms with Gasteiger partial charge >= 0.3 is 5.69 Å². The fourth-order valence-corrected chi connectivity index (χ4v) is 2.52. The Bertz CT molecular complexity index is 704. The third kappa shape index (κ3) is 2.62. The molecule has 19 heavy (non-hydrogen) atoms. The molecule has 1 aromatic heterocycles. The number of rotatable bonds is 3. The minimum Gasteiger partial charge on any atom is -0.297 e. The first-order valence-corrected chi connectivity index (χ1v) is 7.37. The van der Waals surface area contributed by atoms with Crippen LogP contribution in [0.2, 0.25) is 5.15 Å². The van der Waals surface area contributed by atoms with Gasteiger partial charge in [0.05, 0.1) is 11.3 Å². The van der Waals surface area contributed by atoms with Gasteiger partial charge in [-0.25, -0.2) is 9.36 Å². The van der Waals surface area contributed by atoms with Crippen LogP contribution in [0.25, 0.3) is 5.69 Å². The zero-order chi connectivity index (χ0) is 14.0. The van der Waals surface area contributed by atoms with Crippen LogP contribution in [0.3, 0.4) is 0 Å². The Morgan fingerprint density at radius 1 is 1.26 bits per heavy atom. The van der Waals surface area contributed by atoms with Crippen LogP contribution in [-0.2, 0) is 6.42 Å². The van der Waals surface area contributed by atoms with Crippen LogP contribution in [0, 0.1) is 0 Å². The summed E-state index contributed by atoms with van der Waals surface area (Å²) in [6.45, 7) is 1.82. The summed E-state index contributed by atoms with van der Waals surface area (Å²) in [4.78, 5) is 27.7. The van der Waals surface area contributed by atoms with Crippen LogP contribution in [0.4, 0.5) is 0 Å². The lowest BCUT2D eigenvalue weighted by molar-refractivity contribution is 0.841. The predicted molar refractivity (Wildman–Crippen MR) is 78.8 cm³/mol. The standard InChI is InChI=1S/C13H13ClN2O2S/c1-3-10-11(14)15-13(18)16(12(10)17)8-4-6-9(19-2)7-5-8/h4-7H,3H2,1-2H3,(H,15,18). The van der Waals surface area contributed by atoms with Gasteiger partial charge in [-0.2, -0.15) is 0 Å². The number of hydrogen-bond acceptors (Lipinski definition) is 3. The van der Waals surface area contributed by atoms with E-state index in [1.165, 1.54) is 0 Å². The summed E-state index contributed by atoms with van der Waals surface area (Å²) >= 11 is 7.47. The van der Waals surface area contributed by atoms with Crippen molar-refractivity contribution in [2.45, 2.75) is 18.2 Å². The van der Waals surface area contributed by atoms with E-state index in [1.807, 2.05) is 25.3 Å². The van der Waals surface area contributed by atoms with Crippen molar-refractivity contribution in [1.29, 1.82) is 0 Å². The molecule has 100 valence electrons. The second kappa shape index (κ2) is 5.67. The van der Waals surface area contributed by atoms with Crippen LogP contribution in [0.5, 0.6) is 0 Å². The Labute approximate surface area is 119 Å². The van der Waals surface area contributed by atoms with Crippen LogP contribution in [-0.4, -0.2) is 15.8 Å². The molecule has 0 aliphatic carbocycles. The molecule has 0 bridgehead atoms. The molecule has 0 fully saturated rings. The topological polar surface area (TPSA) is 54.9 Å². The molecule has 0 atom stereocenters. The van der Waals surface area contributed by atoms with Gasteiger partial charge in [-0.3, -0.25) is 9.78 Å². The first kappa shape index (κ1) is 14.0. The summed E-state index contributed by atoms with van der Waals surface area (Å²) in [6, 6.07) is 7.23. The number of aromatic amines is 1. The molecule has 1 heterocycles. The van der Waals surface area contributed by atoms with Crippen molar-refractivity contribution in [1.82, 2.24) is 9.55 Å². The highest BCUT2D eigenvalue weighted by atomic mass is 35.5. The Hall–Kier alpha value is -1.46. The van der Waals surface area contributed by atoms with Crippen molar-refractivity contribution in [3.63, 3.8) is 0 Å². The van der Waals surface area contributed by atoms with E-state index in [4.69, 9.17) is 11.6 Å². The third-order valence-electron chi connectivity index (χ3n) is 2.83. The molecule has 0 spiro atoms. The molecule has 4 nitrogen and oxygen atoms in total. The number of nitrogens with zero attached hydrogens (tertiary/aromatic N) is 1. The van der Waals surface area contributed by atoms with Crippen molar-refractivity contribution in [3.8, 4) is 5.69 Å². The molecular formula is C13H13ClN2O2S. The number of benzene rings is 1. The van der Waals surface area contributed by atoms with Crippen LogP contribution >= 0.6 is 23.4 Å². The summed E-state index contributed by atoms with van der Waals surface area (Å²) < 4.78 is 1.11. The van der Waals surface area contributed by atoms with Crippen LogP contribution in [0.15, 0.2) is 38.8 Å². The summed E-state index contributed by atoms with van der Waals surface area (Å²) in [7, 11) is 0. The molecular weight excluding hydrogens is 284 g/mol. The molecule has 1 aromatic carbocycles. The molecule has 2 aromatic rings. The molecule has 0 unspecified atom stereocenters. The molecule has 0 radical (unpaired) electrons. The molecule has 6 heteroatoms. The van der Waals surface area contributed by atoms with Gasteiger partial charge in [-0.15, -0.1) is 11.8 Å². The highest BCUT2D eigenvalue weighted by Crippen LogP contribution is 2.16. The van der Waals surface area contributed by atoms with E-state index >= 15 is 0 Å². The Balaban J connectivity index is 2.68. The lowest BCUT2D eigenvalue weighted by atomic mass is 10.2. The van der Waals surface area contributed by atoms with E-state index in [2.05, 4.69) is 4.98 Å². The van der Waals surface area contributed by atoms with Crippen molar-refractivity contribution in [3.05, 3.63) is 55.8 Å². The number of aromatic nitrogens is 2. The minimum absolute atomic E-state index is 0.120. The second-order valence-corrected chi connectivity index (χ2v) is 5.17. The normalized spacial score (nSPS) is 10.7. The number of hydrogen-bond donors (Lipinski definition) is 1.